The monoisotopic (exact) mass is 364 g/mol. The van der Waals surface area contributed by atoms with Crippen LogP contribution in [0.25, 0.3) is 0 Å². The van der Waals surface area contributed by atoms with Gasteiger partial charge < -0.3 is 9.64 Å². The molecule has 1 aliphatic heterocycles. The lowest BCUT2D eigenvalue weighted by Gasteiger charge is -2.28. The van der Waals surface area contributed by atoms with Gasteiger partial charge in [-0.05, 0) is 41.8 Å². The van der Waals surface area contributed by atoms with Gasteiger partial charge in [0.2, 0.25) is 0 Å². The summed E-state index contributed by atoms with van der Waals surface area (Å²) < 4.78 is 45.6. The van der Waals surface area contributed by atoms with Crippen molar-refractivity contribution in [1.29, 1.82) is 0 Å². The molecule has 0 fully saturated rings. The van der Waals surface area contributed by atoms with Gasteiger partial charge in [0.1, 0.15) is 10.7 Å². The first kappa shape index (κ1) is 17.2. The maximum Gasteiger partial charge on any atom is 0.409 e. The van der Waals surface area contributed by atoms with E-state index in [4.69, 9.17) is 4.74 Å². The molecule has 0 bridgehead atoms. The molecule has 3 rings (SSSR count). The predicted octanol–water partition coefficient (Wildman–Crippen LogP) is 2.75. The van der Waals surface area contributed by atoms with E-state index < -0.39 is 26.8 Å². The summed E-state index contributed by atoms with van der Waals surface area (Å²) in [5, 5.41) is 0. The van der Waals surface area contributed by atoms with Gasteiger partial charge in [0.05, 0.1) is 7.11 Å². The van der Waals surface area contributed by atoms with E-state index in [0.717, 1.165) is 17.2 Å². The average Bonchev–Trinajstić information content (AvgIpc) is 2.60. The third kappa shape index (κ3) is 3.58. The number of halogens is 1. The summed E-state index contributed by atoms with van der Waals surface area (Å²) in [6, 6.07) is 10.3. The Morgan fingerprint density at radius 2 is 1.96 bits per heavy atom. The Morgan fingerprint density at radius 1 is 1.20 bits per heavy atom. The van der Waals surface area contributed by atoms with E-state index in [0.29, 0.717) is 25.2 Å². The molecule has 6 nitrogen and oxygen atoms in total. The van der Waals surface area contributed by atoms with E-state index in [2.05, 4.69) is 4.72 Å². The molecule has 25 heavy (non-hydrogen) atoms. The zero-order valence-electron chi connectivity index (χ0n) is 13.5. The van der Waals surface area contributed by atoms with Crippen molar-refractivity contribution in [2.75, 3.05) is 18.4 Å². The van der Waals surface area contributed by atoms with Crippen molar-refractivity contribution in [3.63, 3.8) is 0 Å². The molecule has 2 aromatic carbocycles. The molecule has 0 saturated heterocycles. The van der Waals surface area contributed by atoms with Crippen molar-refractivity contribution in [2.24, 2.45) is 0 Å². The van der Waals surface area contributed by atoms with E-state index >= 15 is 0 Å². The summed E-state index contributed by atoms with van der Waals surface area (Å²) in [5.74, 6) is -0.815. The molecule has 1 aliphatic rings. The summed E-state index contributed by atoms with van der Waals surface area (Å²) in [4.78, 5) is 12.8. The molecule has 132 valence electrons. The molecule has 2 aromatic rings. The fourth-order valence-electron chi connectivity index (χ4n) is 2.78. The van der Waals surface area contributed by atoms with Crippen molar-refractivity contribution in [1.82, 2.24) is 4.90 Å². The molecule has 0 spiro atoms. The molecule has 0 aromatic heterocycles. The van der Waals surface area contributed by atoms with E-state index in [1.54, 1.807) is 12.1 Å². The number of anilines is 1. The van der Waals surface area contributed by atoms with Crippen LogP contribution in [0.1, 0.15) is 11.1 Å². The van der Waals surface area contributed by atoms with Crippen molar-refractivity contribution in [3.8, 4) is 0 Å². The van der Waals surface area contributed by atoms with E-state index in [1.807, 2.05) is 6.07 Å². The quantitative estimate of drug-likeness (QED) is 0.909. The van der Waals surface area contributed by atoms with E-state index in [-0.39, 0.29) is 0 Å². The molecule has 0 radical (unpaired) electrons. The molecule has 0 saturated carbocycles. The van der Waals surface area contributed by atoms with Crippen molar-refractivity contribution in [2.45, 2.75) is 17.9 Å². The van der Waals surface area contributed by atoms with Crippen LogP contribution in [0.5, 0.6) is 0 Å². The largest absolute Gasteiger partial charge is 0.453 e. The Bertz CT molecular complexity index is 915. The summed E-state index contributed by atoms with van der Waals surface area (Å²) in [5.41, 5.74) is 2.17. The zero-order valence-corrected chi connectivity index (χ0v) is 14.3. The number of hydrogen-bond donors (Lipinski definition) is 1. The Hall–Kier alpha value is -2.61. The number of amides is 1. The van der Waals surface area contributed by atoms with Crippen LogP contribution in [0.2, 0.25) is 0 Å². The van der Waals surface area contributed by atoms with Gasteiger partial charge in [0.25, 0.3) is 10.0 Å². The standard InChI is InChI=1S/C17H17FN2O4S/c1-24-17(21)20-9-8-12-6-7-14(10-13(12)11-20)19-25(22,23)16-5-3-2-4-15(16)18/h2-7,10,19H,8-9,11H2,1H3. The summed E-state index contributed by atoms with van der Waals surface area (Å²) in [6.45, 7) is 0.872. The summed E-state index contributed by atoms with van der Waals surface area (Å²) in [7, 11) is -2.72. The third-order valence-electron chi connectivity index (χ3n) is 4.03. The van der Waals surface area contributed by atoms with E-state index in [9.17, 15) is 17.6 Å². The number of hydrogen-bond acceptors (Lipinski definition) is 4. The van der Waals surface area contributed by atoms with Gasteiger partial charge in [-0.15, -0.1) is 0 Å². The molecule has 0 atom stereocenters. The third-order valence-corrected chi connectivity index (χ3v) is 5.44. The minimum atomic E-state index is -4.04. The lowest BCUT2D eigenvalue weighted by atomic mass is 9.99. The number of carbonyl (C=O) groups excluding carboxylic acids is 1. The highest BCUT2D eigenvalue weighted by Crippen LogP contribution is 2.25. The number of benzene rings is 2. The van der Waals surface area contributed by atoms with Gasteiger partial charge in [-0.1, -0.05) is 18.2 Å². The second kappa shape index (κ2) is 6.72. The van der Waals surface area contributed by atoms with Crippen LogP contribution in [-0.2, 0) is 27.7 Å². The SMILES string of the molecule is COC(=O)N1CCc2ccc(NS(=O)(=O)c3ccccc3F)cc2C1. The first-order valence-electron chi connectivity index (χ1n) is 7.63. The smallest absolute Gasteiger partial charge is 0.409 e. The highest BCUT2D eigenvalue weighted by molar-refractivity contribution is 7.92. The van der Waals surface area contributed by atoms with Crippen LogP contribution in [0.15, 0.2) is 47.4 Å². The topological polar surface area (TPSA) is 75.7 Å². The number of ether oxygens (including phenoxy) is 1. The fraction of sp³-hybridized carbons (Fsp3) is 0.235. The number of methoxy groups -OCH3 is 1. The van der Waals surface area contributed by atoms with Gasteiger partial charge in [-0.3, -0.25) is 4.72 Å². The van der Waals surface area contributed by atoms with E-state index in [1.165, 1.54) is 30.2 Å². The highest BCUT2D eigenvalue weighted by Gasteiger charge is 2.23. The molecule has 0 unspecified atom stereocenters. The van der Waals surface area contributed by atoms with Crippen molar-refractivity contribution < 1.29 is 22.3 Å². The number of fused-ring (bicyclic) bond motifs is 1. The van der Waals surface area contributed by atoms with Crippen molar-refractivity contribution >= 4 is 21.8 Å². The molecular weight excluding hydrogens is 347 g/mol. The number of nitrogens with zero attached hydrogens (tertiary/aromatic N) is 1. The van der Waals surface area contributed by atoms with Gasteiger partial charge in [0, 0.05) is 18.8 Å². The first-order valence-corrected chi connectivity index (χ1v) is 9.11. The Morgan fingerprint density at radius 3 is 2.68 bits per heavy atom. The van der Waals surface area contributed by atoms with Crippen LogP contribution in [0, 0.1) is 5.82 Å². The van der Waals surface area contributed by atoms with Crippen LogP contribution < -0.4 is 4.72 Å². The lowest BCUT2D eigenvalue weighted by molar-refractivity contribution is 0.118. The number of rotatable bonds is 3. The minimum Gasteiger partial charge on any atom is -0.453 e. The molecule has 1 heterocycles. The molecule has 1 amide bonds. The van der Waals surface area contributed by atoms with Crippen LogP contribution in [0.3, 0.4) is 0 Å². The second-order valence-electron chi connectivity index (χ2n) is 5.66. The summed E-state index contributed by atoms with van der Waals surface area (Å²) in [6.07, 6.45) is 0.230. The second-order valence-corrected chi connectivity index (χ2v) is 7.31. The van der Waals surface area contributed by atoms with Crippen molar-refractivity contribution in [3.05, 3.63) is 59.4 Å². The molecular formula is C17H17FN2O4S. The highest BCUT2D eigenvalue weighted by atomic mass is 32.2. The molecule has 8 heteroatoms. The average molecular weight is 364 g/mol. The van der Waals surface area contributed by atoms with Gasteiger partial charge >= 0.3 is 6.09 Å². The number of nitrogens with one attached hydrogen (secondary N) is 1. The molecule has 1 N–H and O–H groups in total. The van der Waals surface area contributed by atoms with Crippen LogP contribution in [0.4, 0.5) is 14.9 Å². The maximum absolute atomic E-state index is 13.8. The Kier molecular flexibility index (Phi) is 4.63. The zero-order chi connectivity index (χ0) is 18.0. The lowest BCUT2D eigenvalue weighted by Crippen LogP contribution is -2.35. The predicted molar refractivity (Wildman–Crippen MR) is 90.2 cm³/mol. The Balaban J connectivity index is 1.86. The fourth-order valence-corrected chi connectivity index (χ4v) is 3.91. The van der Waals surface area contributed by atoms with Gasteiger partial charge in [0.15, 0.2) is 0 Å². The number of carbonyl (C=O) groups is 1. The Labute approximate surface area is 145 Å². The summed E-state index contributed by atoms with van der Waals surface area (Å²) >= 11 is 0. The normalized spacial score (nSPS) is 13.9. The number of sulfonamides is 1. The van der Waals surface area contributed by atoms with Crippen LogP contribution in [-0.4, -0.2) is 33.1 Å². The minimum absolute atomic E-state index is 0.314. The maximum atomic E-state index is 13.8. The van der Waals surface area contributed by atoms with Gasteiger partial charge in [-0.25, -0.2) is 17.6 Å². The van der Waals surface area contributed by atoms with Gasteiger partial charge in [-0.2, -0.15) is 0 Å². The van der Waals surface area contributed by atoms with Crippen LogP contribution >= 0.6 is 0 Å². The first-order chi connectivity index (χ1) is 11.9. The molecule has 0 aliphatic carbocycles.